The van der Waals surface area contributed by atoms with Crippen LogP contribution in [0.2, 0.25) is 0 Å². The third-order valence-electron chi connectivity index (χ3n) is 3.70. The lowest BCUT2D eigenvalue weighted by atomic mass is 10.0. The minimum absolute atomic E-state index is 0.0822. The minimum atomic E-state index is -1.01. The summed E-state index contributed by atoms with van der Waals surface area (Å²) < 4.78 is 5.11. The Morgan fingerprint density at radius 1 is 1.29 bits per heavy atom. The third kappa shape index (κ3) is 5.45. The van der Waals surface area contributed by atoms with E-state index in [0.29, 0.717) is 24.6 Å². The van der Waals surface area contributed by atoms with Crippen LogP contribution >= 0.6 is 0 Å². The molecule has 0 bridgehead atoms. The van der Waals surface area contributed by atoms with Gasteiger partial charge in [0.2, 0.25) is 5.91 Å². The highest BCUT2D eigenvalue weighted by Crippen LogP contribution is 2.27. The molecule has 1 fully saturated rings. The molecule has 1 aliphatic carbocycles. The van der Waals surface area contributed by atoms with Gasteiger partial charge in [-0.3, -0.25) is 4.79 Å². The fourth-order valence-electron chi connectivity index (χ4n) is 2.64. The van der Waals surface area contributed by atoms with E-state index in [0.717, 1.165) is 18.4 Å². The molecule has 0 atom stereocenters. The van der Waals surface area contributed by atoms with Crippen molar-refractivity contribution in [2.75, 3.05) is 6.61 Å². The van der Waals surface area contributed by atoms with E-state index in [1.165, 1.54) is 12.8 Å². The molecular formula is C16H21NO4. The number of hydrogen-bond acceptors (Lipinski definition) is 3. The zero-order valence-corrected chi connectivity index (χ0v) is 12.0. The molecule has 0 spiro atoms. The molecule has 1 saturated carbocycles. The summed E-state index contributed by atoms with van der Waals surface area (Å²) in [6.07, 6.45) is 5.40. The van der Waals surface area contributed by atoms with Gasteiger partial charge in [-0.2, -0.15) is 0 Å². The van der Waals surface area contributed by atoms with Gasteiger partial charge in [0.1, 0.15) is 5.75 Å². The van der Waals surface area contributed by atoms with Crippen LogP contribution < -0.4 is 10.1 Å². The second-order valence-corrected chi connectivity index (χ2v) is 5.46. The van der Waals surface area contributed by atoms with Crippen LogP contribution in [-0.4, -0.2) is 23.6 Å². The lowest BCUT2D eigenvalue weighted by molar-refractivity contribution is -0.139. The summed E-state index contributed by atoms with van der Waals surface area (Å²) in [4.78, 5) is 22.3. The summed E-state index contributed by atoms with van der Waals surface area (Å²) in [5, 5.41) is 11.5. The van der Waals surface area contributed by atoms with Crippen molar-refractivity contribution >= 4 is 11.9 Å². The predicted octanol–water partition coefficient (Wildman–Crippen LogP) is 2.35. The zero-order valence-electron chi connectivity index (χ0n) is 12.0. The van der Waals surface area contributed by atoms with Crippen LogP contribution in [-0.2, 0) is 16.1 Å². The summed E-state index contributed by atoms with van der Waals surface area (Å²) in [7, 11) is 0. The van der Waals surface area contributed by atoms with Gasteiger partial charge >= 0.3 is 5.97 Å². The molecule has 1 aromatic rings. The molecule has 0 unspecified atom stereocenters. The van der Waals surface area contributed by atoms with Gasteiger partial charge in [0, 0.05) is 13.0 Å². The average Bonchev–Trinajstić information content (AvgIpc) is 2.96. The Morgan fingerprint density at radius 2 is 2.05 bits per heavy atom. The van der Waals surface area contributed by atoms with E-state index in [4.69, 9.17) is 9.84 Å². The summed E-state index contributed by atoms with van der Waals surface area (Å²) in [6, 6.07) is 7.12. The van der Waals surface area contributed by atoms with Crippen molar-refractivity contribution in [2.24, 2.45) is 5.92 Å². The maximum absolute atomic E-state index is 11.9. The van der Waals surface area contributed by atoms with Crippen molar-refractivity contribution in [2.45, 2.75) is 38.6 Å². The molecule has 2 rings (SSSR count). The van der Waals surface area contributed by atoms with E-state index in [-0.39, 0.29) is 12.5 Å². The quantitative estimate of drug-likeness (QED) is 0.808. The Hall–Kier alpha value is -2.04. The van der Waals surface area contributed by atoms with E-state index < -0.39 is 5.97 Å². The maximum Gasteiger partial charge on any atom is 0.341 e. The molecule has 1 aromatic carbocycles. The molecule has 2 N–H and O–H groups in total. The molecule has 21 heavy (non-hydrogen) atoms. The van der Waals surface area contributed by atoms with E-state index in [2.05, 4.69) is 5.32 Å². The number of carbonyl (C=O) groups excluding carboxylic acids is 1. The van der Waals surface area contributed by atoms with Crippen LogP contribution in [0.1, 0.15) is 37.7 Å². The molecule has 114 valence electrons. The average molecular weight is 291 g/mol. The van der Waals surface area contributed by atoms with Crippen molar-refractivity contribution in [3.05, 3.63) is 29.8 Å². The van der Waals surface area contributed by atoms with Gasteiger partial charge in [0.15, 0.2) is 6.61 Å². The van der Waals surface area contributed by atoms with Crippen LogP contribution in [0.5, 0.6) is 5.75 Å². The lowest BCUT2D eigenvalue weighted by Crippen LogP contribution is -2.24. The monoisotopic (exact) mass is 291 g/mol. The number of hydrogen-bond donors (Lipinski definition) is 2. The number of ether oxygens (including phenoxy) is 1. The molecule has 0 heterocycles. The second kappa shape index (κ2) is 7.67. The van der Waals surface area contributed by atoms with Crippen LogP contribution in [0.25, 0.3) is 0 Å². The van der Waals surface area contributed by atoms with Crippen LogP contribution in [0.3, 0.4) is 0 Å². The summed E-state index contributed by atoms with van der Waals surface area (Å²) in [5.74, 6) is 0.110. The Morgan fingerprint density at radius 3 is 2.76 bits per heavy atom. The number of nitrogens with one attached hydrogen (secondary N) is 1. The minimum Gasteiger partial charge on any atom is -0.482 e. The SMILES string of the molecule is O=C(O)COc1cccc(CNC(=O)CC2CCCC2)c1. The highest BCUT2D eigenvalue weighted by Gasteiger charge is 2.18. The summed E-state index contributed by atoms with van der Waals surface area (Å²) in [5.41, 5.74) is 0.901. The Kier molecular flexibility index (Phi) is 5.60. The number of amides is 1. The molecule has 0 aliphatic heterocycles. The Labute approximate surface area is 124 Å². The van der Waals surface area contributed by atoms with Gasteiger partial charge in [-0.25, -0.2) is 4.79 Å². The van der Waals surface area contributed by atoms with Crippen LogP contribution in [0.4, 0.5) is 0 Å². The third-order valence-corrected chi connectivity index (χ3v) is 3.70. The number of benzene rings is 1. The van der Waals surface area contributed by atoms with Gasteiger partial charge in [-0.1, -0.05) is 25.0 Å². The number of carbonyl (C=O) groups is 2. The molecule has 0 radical (unpaired) electrons. The maximum atomic E-state index is 11.9. The number of carboxylic acid groups (broad SMARTS) is 1. The topological polar surface area (TPSA) is 75.6 Å². The molecule has 0 saturated heterocycles. The highest BCUT2D eigenvalue weighted by atomic mass is 16.5. The van der Waals surface area contributed by atoms with Crippen molar-refractivity contribution in [1.82, 2.24) is 5.32 Å². The van der Waals surface area contributed by atoms with Crippen molar-refractivity contribution in [3.63, 3.8) is 0 Å². The Balaban J connectivity index is 1.77. The van der Waals surface area contributed by atoms with Crippen LogP contribution in [0, 0.1) is 5.92 Å². The van der Waals surface area contributed by atoms with Gasteiger partial charge < -0.3 is 15.2 Å². The van der Waals surface area contributed by atoms with Gasteiger partial charge in [0.25, 0.3) is 0 Å². The smallest absolute Gasteiger partial charge is 0.341 e. The Bertz CT molecular complexity index is 495. The molecular weight excluding hydrogens is 270 g/mol. The molecule has 5 nitrogen and oxygen atoms in total. The fourth-order valence-corrected chi connectivity index (χ4v) is 2.64. The lowest BCUT2D eigenvalue weighted by Gasteiger charge is -2.10. The zero-order chi connectivity index (χ0) is 15.1. The van der Waals surface area contributed by atoms with Gasteiger partial charge in [-0.05, 0) is 36.5 Å². The van der Waals surface area contributed by atoms with Crippen molar-refractivity contribution in [3.8, 4) is 5.75 Å². The molecule has 0 aromatic heterocycles. The summed E-state index contributed by atoms with van der Waals surface area (Å²) in [6.45, 7) is 0.0767. The first-order valence-electron chi connectivity index (χ1n) is 7.33. The standard InChI is InChI=1S/C16H21NO4/c18-15(9-12-4-1-2-5-12)17-10-13-6-3-7-14(8-13)21-11-16(19)20/h3,6-8,12H,1-2,4-5,9-11H2,(H,17,18)(H,19,20). The first kappa shape index (κ1) is 15.4. The van der Waals surface area contributed by atoms with Gasteiger partial charge in [0.05, 0.1) is 0 Å². The largest absolute Gasteiger partial charge is 0.482 e. The van der Waals surface area contributed by atoms with Crippen molar-refractivity contribution in [1.29, 1.82) is 0 Å². The van der Waals surface area contributed by atoms with E-state index in [9.17, 15) is 9.59 Å². The number of aliphatic carboxylic acids is 1. The van der Waals surface area contributed by atoms with E-state index >= 15 is 0 Å². The second-order valence-electron chi connectivity index (χ2n) is 5.46. The molecule has 1 amide bonds. The van der Waals surface area contributed by atoms with Crippen molar-refractivity contribution < 1.29 is 19.4 Å². The fraction of sp³-hybridized carbons (Fsp3) is 0.500. The summed E-state index contributed by atoms with van der Waals surface area (Å²) >= 11 is 0. The van der Waals surface area contributed by atoms with Crippen LogP contribution in [0.15, 0.2) is 24.3 Å². The van der Waals surface area contributed by atoms with E-state index in [1.807, 2.05) is 6.07 Å². The molecule has 1 aliphatic rings. The van der Waals surface area contributed by atoms with E-state index in [1.54, 1.807) is 18.2 Å². The first-order chi connectivity index (χ1) is 10.1. The highest BCUT2D eigenvalue weighted by molar-refractivity contribution is 5.76. The molecule has 5 heteroatoms. The number of carboxylic acids is 1. The normalized spacial score (nSPS) is 14.9. The van der Waals surface area contributed by atoms with Gasteiger partial charge in [-0.15, -0.1) is 0 Å². The first-order valence-corrected chi connectivity index (χ1v) is 7.33. The number of rotatable bonds is 7. The predicted molar refractivity (Wildman–Crippen MR) is 78.0 cm³/mol.